The molecular formula is C21H27NO. The highest BCUT2D eigenvalue weighted by molar-refractivity contribution is 6.09. The van der Waals surface area contributed by atoms with E-state index in [9.17, 15) is 5.11 Å². The van der Waals surface area contributed by atoms with E-state index in [-0.39, 0.29) is 0 Å². The molecule has 23 heavy (non-hydrogen) atoms. The van der Waals surface area contributed by atoms with Gasteiger partial charge in [0.25, 0.3) is 0 Å². The average molecular weight is 309 g/mol. The molecule has 1 heterocycles. The lowest BCUT2D eigenvalue weighted by Gasteiger charge is -2.11. The van der Waals surface area contributed by atoms with Crippen molar-refractivity contribution in [2.24, 2.45) is 5.92 Å². The summed E-state index contributed by atoms with van der Waals surface area (Å²) in [5.41, 5.74) is 4.64. The van der Waals surface area contributed by atoms with Crippen molar-refractivity contribution in [3.63, 3.8) is 0 Å². The number of H-pyrrole nitrogens is 1. The summed E-state index contributed by atoms with van der Waals surface area (Å²) >= 11 is 0. The van der Waals surface area contributed by atoms with Gasteiger partial charge < -0.3 is 10.1 Å². The maximum Gasteiger partial charge on any atom is 0.119 e. The van der Waals surface area contributed by atoms with Crippen molar-refractivity contribution in [3.8, 4) is 5.75 Å². The zero-order valence-electron chi connectivity index (χ0n) is 14.4. The van der Waals surface area contributed by atoms with Gasteiger partial charge in [-0.1, -0.05) is 51.3 Å². The number of phenolic OH excluding ortho intramolecular Hbond substituents is 1. The summed E-state index contributed by atoms with van der Waals surface area (Å²) in [7, 11) is 0. The van der Waals surface area contributed by atoms with Crippen LogP contribution in [0, 0.1) is 12.8 Å². The number of rotatable bonds is 6. The quantitative estimate of drug-likeness (QED) is 0.531. The lowest BCUT2D eigenvalue weighted by molar-refractivity contribution is 0.469. The number of aromatic amines is 1. The first-order chi connectivity index (χ1) is 11.1. The van der Waals surface area contributed by atoms with Gasteiger partial charge in [-0.05, 0) is 48.9 Å². The van der Waals surface area contributed by atoms with Crippen molar-refractivity contribution in [2.75, 3.05) is 0 Å². The number of phenols is 1. The Morgan fingerprint density at radius 3 is 2.70 bits per heavy atom. The molecule has 1 unspecified atom stereocenters. The standard InChI is InChI=1S/C21H27NO/c1-4-14(2)9-5-6-10-16-15(3)20(23)13-18-17-11-7-8-12-19(17)22-21(16)18/h7-8,11-14,22-23H,4-6,9-10H2,1-3H3. The topological polar surface area (TPSA) is 36.0 Å². The second-order valence-electron chi connectivity index (χ2n) is 6.85. The molecule has 1 aromatic heterocycles. The summed E-state index contributed by atoms with van der Waals surface area (Å²) < 4.78 is 0. The van der Waals surface area contributed by atoms with Gasteiger partial charge in [-0.15, -0.1) is 0 Å². The molecule has 2 N–H and O–H groups in total. The van der Waals surface area contributed by atoms with Gasteiger partial charge in [-0.2, -0.15) is 0 Å². The van der Waals surface area contributed by atoms with Crippen molar-refractivity contribution < 1.29 is 5.11 Å². The molecule has 1 atom stereocenters. The number of hydrogen-bond acceptors (Lipinski definition) is 1. The summed E-state index contributed by atoms with van der Waals surface area (Å²) in [6.45, 7) is 6.62. The number of nitrogens with one attached hydrogen (secondary N) is 1. The van der Waals surface area contributed by atoms with E-state index in [0.717, 1.165) is 28.8 Å². The van der Waals surface area contributed by atoms with Crippen molar-refractivity contribution in [2.45, 2.75) is 52.9 Å². The lowest BCUT2D eigenvalue weighted by atomic mass is 9.95. The Balaban J connectivity index is 1.93. The molecule has 2 heteroatoms. The Morgan fingerprint density at radius 1 is 1.13 bits per heavy atom. The van der Waals surface area contributed by atoms with E-state index in [4.69, 9.17) is 0 Å². The number of hydrogen-bond donors (Lipinski definition) is 2. The second-order valence-corrected chi connectivity index (χ2v) is 6.85. The molecule has 122 valence electrons. The summed E-state index contributed by atoms with van der Waals surface area (Å²) in [6.07, 6.45) is 6.02. The number of benzene rings is 2. The first-order valence-electron chi connectivity index (χ1n) is 8.83. The van der Waals surface area contributed by atoms with Gasteiger partial charge in [0, 0.05) is 16.3 Å². The fourth-order valence-electron chi connectivity index (χ4n) is 3.45. The molecule has 3 aromatic rings. The van der Waals surface area contributed by atoms with E-state index in [1.807, 2.05) is 13.0 Å². The predicted molar refractivity (Wildman–Crippen MR) is 99.2 cm³/mol. The van der Waals surface area contributed by atoms with E-state index in [1.165, 1.54) is 42.1 Å². The molecule has 0 aliphatic carbocycles. The molecule has 2 aromatic carbocycles. The van der Waals surface area contributed by atoms with Crippen LogP contribution in [-0.2, 0) is 6.42 Å². The molecule has 0 amide bonds. The van der Waals surface area contributed by atoms with Crippen LogP contribution in [-0.4, -0.2) is 10.1 Å². The molecule has 0 saturated carbocycles. The highest BCUT2D eigenvalue weighted by Gasteiger charge is 2.14. The van der Waals surface area contributed by atoms with Crippen LogP contribution < -0.4 is 0 Å². The zero-order chi connectivity index (χ0) is 16.4. The number of unbranched alkanes of at least 4 members (excludes halogenated alkanes) is 1. The molecule has 0 aliphatic heterocycles. The van der Waals surface area contributed by atoms with Crippen molar-refractivity contribution in [1.29, 1.82) is 0 Å². The van der Waals surface area contributed by atoms with Gasteiger partial charge in [-0.25, -0.2) is 0 Å². The lowest BCUT2D eigenvalue weighted by Crippen LogP contribution is -1.96. The fraction of sp³-hybridized carbons (Fsp3) is 0.429. The summed E-state index contributed by atoms with van der Waals surface area (Å²) in [4.78, 5) is 3.56. The van der Waals surface area contributed by atoms with Crippen molar-refractivity contribution >= 4 is 21.8 Å². The summed E-state index contributed by atoms with van der Waals surface area (Å²) in [5.74, 6) is 1.23. The van der Waals surface area contributed by atoms with Crippen LogP contribution in [0.25, 0.3) is 21.8 Å². The van der Waals surface area contributed by atoms with E-state index in [0.29, 0.717) is 5.75 Å². The third-order valence-corrected chi connectivity index (χ3v) is 5.24. The second kappa shape index (κ2) is 6.66. The highest BCUT2D eigenvalue weighted by Crippen LogP contribution is 2.35. The molecular weight excluding hydrogens is 282 g/mol. The zero-order valence-corrected chi connectivity index (χ0v) is 14.4. The average Bonchev–Trinajstić information content (AvgIpc) is 2.92. The van der Waals surface area contributed by atoms with Gasteiger partial charge in [0.15, 0.2) is 0 Å². The van der Waals surface area contributed by atoms with Crippen molar-refractivity contribution in [1.82, 2.24) is 4.98 Å². The third kappa shape index (κ3) is 3.08. The van der Waals surface area contributed by atoms with Crippen LogP contribution in [0.3, 0.4) is 0 Å². The van der Waals surface area contributed by atoms with Crippen molar-refractivity contribution in [3.05, 3.63) is 41.5 Å². The van der Waals surface area contributed by atoms with E-state index in [2.05, 4.69) is 43.1 Å². The molecule has 0 radical (unpaired) electrons. The van der Waals surface area contributed by atoms with Crippen LogP contribution >= 0.6 is 0 Å². The van der Waals surface area contributed by atoms with Crippen LogP contribution in [0.5, 0.6) is 5.75 Å². The summed E-state index contributed by atoms with van der Waals surface area (Å²) in [5, 5.41) is 12.7. The van der Waals surface area contributed by atoms with E-state index in [1.54, 1.807) is 0 Å². The Bertz CT molecular complexity index is 815. The minimum Gasteiger partial charge on any atom is -0.508 e. The number of aryl methyl sites for hydroxylation is 1. The fourth-order valence-corrected chi connectivity index (χ4v) is 3.45. The molecule has 0 bridgehead atoms. The molecule has 3 rings (SSSR count). The number of para-hydroxylation sites is 1. The first kappa shape index (κ1) is 15.9. The Kier molecular flexibility index (Phi) is 4.61. The maximum atomic E-state index is 10.3. The Hall–Kier alpha value is -1.96. The Labute approximate surface area is 138 Å². The normalized spacial score (nSPS) is 13.0. The number of aromatic nitrogens is 1. The maximum absolute atomic E-state index is 10.3. The first-order valence-corrected chi connectivity index (χ1v) is 8.83. The summed E-state index contributed by atoms with van der Waals surface area (Å²) in [6, 6.07) is 10.2. The van der Waals surface area contributed by atoms with Crippen LogP contribution in [0.1, 0.15) is 50.7 Å². The van der Waals surface area contributed by atoms with Gasteiger partial charge >= 0.3 is 0 Å². The SMILES string of the molecule is CCC(C)CCCCc1c(C)c(O)cc2c1[nH]c1ccccc12. The molecule has 0 saturated heterocycles. The Morgan fingerprint density at radius 2 is 1.91 bits per heavy atom. The minimum atomic E-state index is 0.416. The third-order valence-electron chi connectivity index (χ3n) is 5.24. The number of fused-ring (bicyclic) bond motifs is 3. The smallest absolute Gasteiger partial charge is 0.119 e. The van der Waals surface area contributed by atoms with Gasteiger partial charge in [0.2, 0.25) is 0 Å². The molecule has 0 fully saturated rings. The largest absolute Gasteiger partial charge is 0.508 e. The molecule has 0 spiro atoms. The minimum absolute atomic E-state index is 0.416. The predicted octanol–water partition coefficient (Wildman–Crippen LogP) is 6.09. The molecule has 2 nitrogen and oxygen atoms in total. The monoisotopic (exact) mass is 309 g/mol. The van der Waals surface area contributed by atoms with Crippen LogP contribution in [0.4, 0.5) is 0 Å². The molecule has 0 aliphatic rings. The number of aromatic hydroxyl groups is 1. The van der Waals surface area contributed by atoms with Crippen LogP contribution in [0.15, 0.2) is 30.3 Å². The van der Waals surface area contributed by atoms with E-state index >= 15 is 0 Å². The van der Waals surface area contributed by atoms with E-state index < -0.39 is 0 Å². The van der Waals surface area contributed by atoms with Gasteiger partial charge in [-0.3, -0.25) is 0 Å². The van der Waals surface area contributed by atoms with Crippen LogP contribution in [0.2, 0.25) is 0 Å². The highest BCUT2D eigenvalue weighted by atomic mass is 16.3. The van der Waals surface area contributed by atoms with Gasteiger partial charge in [0.05, 0.1) is 5.52 Å². The van der Waals surface area contributed by atoms with Gasteiger partial charge in [0.1, 0.15) is 5.75 Å².